The highest BCUT2D eigenvalue weighted by Gasteiger charge is 2.30. The number of fused-ring (bicyclic) bond motifs is 2. The van der Waals surface area contributed by atoms with E-state index >= 15 is 0 Å². The van der Waals surface area contributed by atoms with Crippen LogP contribution in [0.25, 0.3) is 0 Å². The summed E-state index contributed by atoms with van der Waals surface area (Å²) in [5.74, 6) is 0.749. The molecule has 5 rings (SSSR count). The van der Waals surface area contributed by atoms with Gasteiger partial charge >= 0.3 is 0 Å². The van der Waals surface area contributed by atoms with E-state index < -0.39 is 16.1 Å². The number of nitrogens with zero attached hydrogens (tertiary/aromatic N) is 5. The number of benzene rings is 2. The summed E-state index contributed by atoms with van der Waals surface area (Å²) >= 11 is 0. The number of carbonyl (C=O) groups is 1. The molecule has 188 valence electrons. The highest BCUT2D eigenvalue weighted by Crippen LogP contribution is 2.38. The molecule has 2 aromatic carbocycles. The molecule has 1 fully saturated rings. The first-order chi connectivity index (χ1) is 17.1. The summed E-state index contributed by atoms with van der Waals surface area (Å²) in [6.07, 6.45) is 2.03. The summed E-state index contributed by atoms with van der Waals surface area (Å²) in [6, 6.07) is 12.1. The van der Waals surface area contributed by atoms with Gasteiger partial charge in [-0.2, -0.15) is 9.29 Å². The number of aromatic nitrogens is 2. The van der Waals surface area contributed by atoms with Crippen LogP contribution in [-0.4, -0.2) is 67.0 Å². The molecule has 2 N–H and O–H groups in total. The number of rotatable bonds is 4. The molecule has 0 atom stereocenters. The van der Waals surface area contributed by atoms with Crippen molar-refractivity contribution in [3.63, 3.8) is 0 Å². The number of sulfonamides is 1. The monoisotopic (exact) mass is 508 g/mol. The molecule has 10 nitrogen and oxygen atoms in total. The normalized spacial score (nSPS) is 16.9. The molecule has 1 saturated heterocycles. The molecular weight excluding hydrogens is 480 g/mol. The minimum Gasteiger partial charge on any atom is -0.393 e. The van der Waals surface area contributed by atoms with Gasteiger partial charge in [0.2, 0.25) is 16.0 Å². The van der Waals surface area contributed by atoms with E-state index in [1.54, 1.807) is 42.4 Å². The van der Waals surface area contributed by atoms with Crippen LogP contribution in [0.1, 0.15) is 28.8 Å². The predicted molar refractivity (Wildman–Crippen MR) is 138 cm³/mol. The predicted octanol–water partition coefficient (Wildman–Crippen LogP) is 3.03. The van der Waals surface area contributed by atoms with Crippen molar-refractivity contribution in [1.29, 1.82) is 0 Å². The minimum atomic E-state index is -3.62. The Morgan fingerprint density at radius 2 is 1.69 bits per heavy atom. The largest absolute Gasteiger partial charge is 0.393 e. The highest BCUT2D eigenvalue weighted by atomic mass is 32.2. The highest BCUT2D eigenvalue weighted by molar-refractivity contribution is 7.89. The molecule has 1 amide bonds. The van der Waals surface area contributed by atoms with Gasteiger partial charge < -0.3 is 20.2 Å². The van der Waals surface area contributed by atoms with Crippen molar-refractivity contribution in [2.24, 2.45) is 0 Å². The van der Waals surface area contributed by atoms with Crippen molar-refractivity contribution in [2.75, 3.05) is 42.3 Å². The second-order valence-corrected chi connectivity index (χ2v) is 11.1. The molecule has 36 heavy (non-hydrogen) atoms. The Labute approximate surface area is 210 Å². The number of anilines is 5. The summed E-state index contributed by atoms with van der Waals surface area (Å²) in [5.41, 5.74) is 3.54. The molecule has 0 bridgehead atoms. The molecular formula is C25H28N6O4S. The smallest absolute Gasteiger partial charge is 0.260 e. The summed E-state index contributed by atoms with van der Waals surface area (Å²) in [4.78, 5) is 25.7. The Hall–Kier alpha value is -3.54. The fraction of sp³-hybridized carbons (Fsp3) is 0.320. The Morgan fingerprint density at radius 1 is 1.00 bits per heavy atom. The number of aliphatic hydroxyl groups excluding tert-OH is 1. The molecule has 11 heteroatoms. The Morgan fingerprint density at radius 3 is 2.39 bits per heavy atom. The van der Waals surface area contributed by atoms with E-state index in [2.05, 4.69) is 15.3 Å². The van der Waals surface area contributed by atoms with Crippen LogP contribution in [0.2, 0.25) is 0 Å². The maximum atomic E-state index is 13.1. The average Bonchev–Trinajstić information content (AvgIpc) is 2.94. The van der Waals surface area contributed by atoms with Gasteiger partial charge in [-0.15, -0.1) is 0 Å². The van der Waals surface area contributed by atoms with E-state index in [9.17, 15) is 18.3 Å². The zero-order valence-corrected chi connectivity index (χ0v) is 21.2. The standard InChI is InChI=1S/C25H28N6O4S/c1-16-4-9-21-20(14-16)24(33)30(3)22-15-26-25(28-23(22)29(21)2)27-17-5-7-19(8-6-17)36(34,35)31-12-10-18(32)11-13-31/h4-9,14-15,18,32H,10-13H2,1-3H3,(H,26,27,28). The molecule has 2 aliphatic heterocycles. The summed E-state index contributed by atoms with van der Waals surface area (Å²) in [5, 5.41) is 12.8. The molecule has 1 aromatic heterocycles. The fourth-order valence-corrected chi connectivity index (χ4v) is 5.97. The lowest BCUT2D eigenvalue weighted by molar-refractivity contribution is 0.0994. The molecule has 2 aliphatic rings. The van der Waals surface area contributed by atoms with Crippen molar-refractivity contribution < 1.29 is 18.3 Å². The molecule has 3 heterocycles. The Bertz CT molecular complexity index is 1420. The van der Waals surface area contributed by atoms with E-state index in [1.165, 1.54) is 4.31 Å². The molecule has 3 aromatic rings. The summed E-state index contributed by atoms with van der Waals surface area (Å²) in [7, 11) is -0.0662. The number of piperidine rings is 1. The van der Waals surface area contributed by atoms with Gasteiger partial charge in [-0.1, -0.05) is 11.6 Å². The van der Waals surface area contributed by atoms with Gasteiger partial charge in [-0.3, -0.25) is 4.79 Å². The Kier molecular flexibility index (Phi) is 6.15. The summed E-state index contributed by atoms with van der Waals surface area (Å²) in [6.45, 7) is 2.56. The number of nitrogens with one attached hydrogen (secondary N) is 1. The number of aryl methyl sites for hydroxylation is 1. The van der Waals surface area contributed by atoms with Crippen LogP contribution in [0.15, 0.2) is 53.6 Å². The lowest BCUT2D eigenvalue weighted by Crippen LogP contribution is -2.39. The first kappa shape index (κ1) is 24.2. The van der Waals surface area contributed by atoms with Gasteiger partial charge in [0.05, 0.1) is 28.4 Å². The molecule has 0 aliphatic carbocycles. The van der Waals surface area contributed by atoms with Crippen LogP contribution in [-0.2, 0) is 10.0 Å². The SMILES string of the molecule is Cc1ccc2c(c1)C(=O)N(C)c1cnc(Nc3ccc(S(=O)(=O)N4CCC(O)CC4)cc3)nc1N2C. The third kappa shape index (κ3) is 4.29. The number of aliphatic hydroxyl groups is 1. The van der Waals surface area contributed by atoms with Crippen LogP contribution in [0.4, 0.5) is 28.8 Å². The first-order valence-electron chi connectivity index (χ1n) is 11.7. The molecule has 0 saturated carbocycles. The van der Waals surface area contributed by atoms with Gasteiger partial charge in [0.25, 0.3) is 5.91 Å². The van der Waals surface area contributed by atoms with Crippen LogP contribution in [0, 0.1) is 6.92 Å². The number of amides is 1. The van der Waals surface area contributed by atoms with E-state index in [4.69, 9.17) is 0 Å². The molecule has 0 spiro atoms. The maximum absolute atomic E-state index is 13.1. The Balaban J connectivity index is 1.40. The van der Waals surface area contributed by atoms with E-state index in [0.29, 0.717) is 54.6 Å². The maximum Gasteiger partial charge on any atom is 0.260 e. The van der Waals surface area contributed by atoms with Crippen molar-refractivity contribution in [2.45, 2.75) is 30.8 Å². The number of hydrogen-bond acceptors (Lipinski definition) is 8. The topological polar surface area (TPSA) is 119 Å². The second kappa shape index (κ2) is 9.16. The lowest BCUT2D eigenvalue weighted by atomic mass is 10.1. The van der Waals surface area contributed by atoms with Crippen LogP contribution >= 0.6 is 0 Å². The van der Waals surface area contributed by atoms with Crippen LogP contribution in [0.3, 0.4) is 0 Å². The minimum absolute atomic E-state index is 0.136. The first-order valence-corrected chi connectivity index (χ1v) is 13.1. The zero-order valence-electron chi connectivity index (χ0n) is 20.3. The van der Waals surface area contributed by atoms with E-state index in [-0.39, 0.29) is 10.8 Å². The van der Waals surface area contributed by atoms with Crippen molar-refractivity contribution in [3.8, 4) is 0 Å². The molecule has 0 unspecified atom stereocenters. The van der Waals surface area contributed by atoms with E-state index in [1.807, 2.05) is 37.1 Å². The lowest BCUT2D eigenvalue weighted by Gasteiger charge is -2.28. The van der Waals surface area contributed by atoms with Gasteiger partial charge in [0.15, 0.2) is 5.82 Å². The second-order valence-electron chi connectivity index (χ2n) is 9.13. The fourth-order valence-electron chi connectivity index (χ4n) is 4.50. The van der Waals surface area contributed by atoms with Crippen molar-refractivity contribution in [3.05, 3.63) is 59.8 Å². The number of carbonyl (C=O) groups excluding carboxylic acids is 1. The summed E-state index contributed by atoms with van der Waals surface area (Å²) < 4.78 is 27.3. The van der Waals surface area contributed by atoms with Gasteiger partial charge in [0.1, 0.15) is 5.69 Å². The van der Waals surface area contributed by atoms with Crippen LogP contribution < -0.4 is 15.1 Å². The van der Waals surface area contributed by atoms with Gasteiger partial charge in [-0.05, 0) is 56.2 Å². The average molecular weight is 509 g/mol. The van der Waals surface area contributed by atoms with E-state index in [0.717, 1.165) is 11.3 Å². The van der Waals surface area contributed by atoms with Crippen LogP contribution in [0.5, 0.6) is 0 Å². The zero-order chi connectivity index (χ0) is 25.6. The quantitative estimate of drug-likeness (QED) is 0.552. The van der Waals surface area contributed by atoms with Gasteiger partial charge in [0, 0.05) is 32.9 Å². The van der Waals surface area contributed by atoms with Gasteiger partial charge in [-0.25, -0.2) is 13.4 Å². The third-order valence-electron chi connectivity index (χ3n) is 6.65. The molecule has 0 radical (unpaired) electrons. The third-order valence-corrected chi connectivity index (χ3v) is 8.56. The number of hydrogen-bond donors (Lipinski definition) is 2. The van der Waals surface area contributed by atoms with Crippen molar-refractivity contribution >= 4 is 44.8 Å². The van der Waals surface area contributed by atoms with Crippen molar-refractivity contribution in [1.82, 2.24) is 14.3 Å².